The summed E-state index contributed by atoms with van der Waals surface area (Å²) in [6.07, 6.45) is 1.23. The molecule has 5 rings (SSSR count). The summed E-state index contributed by atoms with van der Waals surface area (Å²) in [4.78, 5) is 25.9. The van der Waals surface area contributed by atoms with Crippen LogP contribution < -0.4 is 20.3 Å². The molecule has 2 aromatic carbocycles. The van der Waals surface area contributed by atoms with Crippen molar-refractivity contribution in [1.82, 2.24) is 14.9 Å². The maximum atomic E-state index is 11.7. The van der Waals surface area contributed by atoms with Crippen molar-refractivity contribution in [3.63, 3.8) is 0 Å². The van der Waals surface area contributed by atoms with Crippen molar-refractivity contribution in [2.24, 2.45) is 0 Å². The van der Waals surface area contributed by atoms with E-state index in [0.29, 0.717) is 29.3 Å². The van der Waals surface area contributed by atoms with Crippen LogP contribution in [0, 0.1) is 0 Å². The fourth-order valence-electron chi connectivity index (χ4n) is 4.29. The number of thiophene rings is 1. The minimum Gasteiger partial charge on any atom is -0.437 e. The monoisotopic (exact) mass is 514 g/mol. The van der Waals surface area contributed by atoms with Gasteiger partial charge in [-0.3, -0.25) is 9.69 Å². The minimum atomic E-state index is -0.282. The van der Waals surface area contributed by atoms with Gasteiger partial charge in [-0.1, -0.05) is 12.6 Å². The Morgan fingerprint density at radius 2 is 1.84 bits per heavy atom. The molecule has 4 aromatic rings. The molecule has 1 saturated heterocycles. The zero-order valence-corrected chi connectivity index (χ0v) is 21.8. The highest BCUT2D eigenvalue weighted by molar-refractivity contribution is 7.17. The van der Waals surface area contributed by atoms with Crippen LogP contribution in [0.15, 0.2) is 72.6 Å². The smallest absolute Gasteiger partial charge is 0.247 e. The van der Waals surface area contributed by atoms with Crippen LogP contribution >= 0.6 is 11.3 Å². The van der Waals surface area contributed by atoms with Gasteiger partial charge in [0.15, 0.2) is 0 Å². The normalized spacial score (nSPS) is 14.1. The van der Waals surface area contributed by atoms with Crippen LogP contribution in [0.3, 0.4) is 0 Å². The Hall–Kier alpha value is -3.95. The van der Waals surface area contributed by atoms with E-state index in [4.69, 9.17) is 4.74 Å². The lowest BCUT2D eigenvalue weighted by Gasteiger charge is -2.38. The number of aromatic nitrogens is 2. The number of hydrogen-bond donors (Lipinski definition) is 2. The molecule has 1 amide bonds. The van der Waals surface area contributed by atoms with Gasteiger partial charge in [0.1, 0.15) is 10.4 Å². The van der Waals surface area contributed by atoms with Crippen molar-refractivity contribution >= 4 is 50.5 Å². The van der Waals surface area contributed by atoms with Gasteiger partial charge >= 0.3 is 0 Å². The van der Waals surface area contributed by atoms with E-state index >= 15 is 0 Å². The second-order valence-corrected chi connectivity index (χ2v) is 10.0. The summed E-state index contributed by atoms with van der Waals surface area (Å²) in [6, 6.07) is 18.1. The number of ether oxygens (including phenoxy) is 1. The minimum absolute atomic E-state index is 0.282. The molecule has 0 aliphatic carbocycles. The van der Waals surface area contributed by atoms with E-state index in [9.17, 15) is 4.79 Å². The number of fused-ring (bicyclic) bond motifs is 1. The number of amides is 1. The van der Waals surface area contributed by atoms with Crippen molar-refractivity contribution in [2.75, 3.05) is 41.7 Å². The van der Waals surface area contributed by atoms with Gasteiger partial charge in [0.05, 0.1) is 5.52 Å². The standard InChI is InChI=1S/C28H30N6O2S/c1-4-25(35)29-21-6-5-7-23(18-21)36-27-26-24(12-17-37-26)31-28(32-27)30-20-8-10-22(11-9-20)34-15-13-33(14-16-34)19(2)3/h4-12,17-19H,1,13-16H2,2-3H3,(H,29,35)(H,30,31,32). The number of anilines is 4. The van der Waals surface area contributed by atoms with E-state index in [-0.39, 0.29) is 5.91 Å². The molecule has 1 aliphatic rings. The highest BCUT2D eigenvalue weighted by atomic mass is 32.1. The van der Waals surface area contributed by atoms with Crippen LogP contribution in [0.5, 0.6) is 11.6 Å². The Labute approximate surface area is 220 Å². The molecule has 1 fully saturated rings. The van der Waals surface area contributed by atoms with E-state index in [1.54, 1.807) is 12.1 Å². The fraction of sp³-hybridized carbons (Fsp3) is 0.250. The molecule has 0 atom stereocenters. The molecule has 0 unspecified atom stereocenters. The number of nitrogens with zero attached hydrogens (tertiary/aromatic N) is 4. The predicted octanol–water partition coefficient (Wildman–Crippen LogP) is 5.88. The second kappa shape index (κ2) is 11.0. The Morgan fingerprint density at radius 1 is 1.05 bits per heavy atom. The topological polar surface area (TPSA) is 82.6 Å². The summed E-state index contributed by atoms with van der Waals surface area (Å²) < 4.78 is 6.99. The quantitative estimate of drug-likeness (QED) is 0.284. The zero-order valence-electron chi connectivity index (χ0n) is 21.0. The van der Waals surface area contributed by atoms with Crippen molar-refractivity contribution in [1.29, 1.82) is 0 Å². The SMILES string of the molecule is C=CC(=O)Nc1cccc(Oc2nc(Nc3ccc(N4CCN(C(C)C)CC4)cc3)nc3ccsc23)c1. The lowest BCUT2D eigenvalue weighted by Crippen LogP contribution is -2.48. The Kier molecular flexibility index (Phi) is 7.34. The first-order valence-corrected chi connectivity index (χ1v) is 13.2. The first-order chi connectivity index (χ1) is 18.0. The highest BCUT2D eigenvalue weighted by Gasteiger charge is 2.19. The van der Waals surface area contributed by atoms with Crippen molar-refractivity contribution < 1.29 is 9.53 Å². The number of carbonyl (C=O) groups is 1. The van der Waals surface area contributed by atoms with Crippen molar-refractivity contribution in [3.8, 4) is 11.6 Å². The van der Waals surface area contributed by atoms with Gasteiger partial charge in [-0.05, 0) is 67.8 Å². The second-order valence-electron chi connectivity index (χ2n) is 9.10. The zero-order chi connectivity index (χ0) is 25.8. The molecule has 9 heteroatoms. The Morgan fingerprint density at radius 3 is 2.57 bits per heavy atom. The van der Waals surface area contributed by atoms with Crippen LogP contribution in [0.1, 0.15) is 13.8 Å². The predicted molar refractivity (Wildman–Crippen MR) is 151 cm³/mol. The van der Waals surface area contributed by atoms with Crippen LogP contribution in [0.2, 0.25) is 0 Å². The van der Waals surface area contributed by atoms with E-state index < -0.39 is 0 Å². The first kappa shape index (κ1) is 24.7. The van der Waals surface area contributed by atoms with Gasteiger partial charge in [-0.25, -0.2) is 4.98 Å². The molecule has 37 heavy (non-hydrogen) atoms. The fourth-order valence-corrected chi connectivity index (χ4v) is 5.04. The van der Waals surface area contributed by atoms with Gasteiger partial charge < -0.3 is 20.3 Å². The molecule has 0 bridgehead atoms. The molecule has 0 saturated carbocycles. The van der Waals surface area contributed by atoms with Gasteiger partial charge in [-0.2, -0.15) is 4.98 Å². The van der Waals surface area contributed by atoms with Crippen LogP contribution in [-0.4, -0.2) is 53.0 Å². The largest absolute Gasteiger partial charge is 0.437 e. The maximum Gasteiger partial charge on any atom is 0.247 e. The Bertz CT molecular complexity index is 1390. The van der Waals surface area contributed by atoms with Crippen LogP contribution in [0.4, 0.5) is 23.0 Å². The summed E-state index contributed by atoms with van der Waals surface area (Å²) >= 11 is 1.52. The number of carbonyl (C=O) groups excluding carboxylic acids is 1. The summed E-state index contributed by atoms with van der Waals surface area (Å²) in [6.45, 7) is 12.2. The molecule has 3 heterocycles. The van der Waals surface area contributed by atoms with E-state index in [2.05, 4.69) is 75.1 Å². The van der Waals surface area contributed by atoms with E-state index in [1.165, 1.54) is 23.1 Å². The number of benzene rings is 2. The van der Waals surface area contributed by atoms with Crippen LogP contribution in [-0.2, 0) is 4.79 Å². The molecule has 2 N–H and O–H groups in total. The molecule has 0 spiro atoms. The lowest BCUT2D eigenvalue weighted by atomic mass is 10.2. The third-order valence-electron chi connectivity index (χ3n) is 6.31. The molecular weight excluding hydrogens is 484 g/mol. The molecule has 2 aromatic heterocycles. The molecule has 1 aliphatic heterocycles. The van der Waals surface area contributed by atoms with Gasteiger partial charge in [0.2, 0.25) is 17.7 Å². The summed E-state index contributed by atoms with van der Waals surface area (Å²) in [7, 11) is 0. The summed E-state index contributed by atoms with van der Waals surface area (Å²) in [5, 5.41) is 8.02. The number of rotatable bonds is 8. The summed E-state index contributed by atoms with van der Waals surface area (Å²) in [5.74, 6) is 1.18. The van der Waals surface area contributed by atoms with Gasteiger partial charge in [0.25, 0.3) is 0 Å². The number of hydrogen-bond acceptors (Lipinski definition) is 8. The molecular formula is C28H30N6O2S. The highest BCUT2D eigenvalue weighted by Crippen LogP contribution is 2.34. The summed E-state index contributed by atoms with van der Waals surface area (Å²) in [5.41, 5.74) is 3.53. The van der Waals surface area contributed by atoms with Crippen molar-refractivity contribution in [3.05, 3.63) is 72.6 Å². The lowest BCUT2D eigenvalue weighted by molar-refractivity contribution is -0.111. The van der Waals surface area contributed by atoms with Gasteiger partial charge in [-0.15, -0.1) is 11.3 Å². The molecule has 190 valence electrons. The van der Waals surface area contributed by atoms with Crippen LogP contribution in [0.25, 0.3) is 10.2 Å². The van der Waals surface area contributed by atoms with Gasteiger partial charge in [0, 0.05) is 55.3 Å². The van der Waals surface area contributed by atoms with Crippen molar-refractivity contribution in [2.45, 2.75) is 19.9 Å². The van der Waals surface area contributed by atoms with E-state index in [1.807, 2.05) is 23.6 Å². The average molecular weight is 515 g/mol. The molecule has 8 nitrogen and oxygen atoms in total. The number of nitrogens with one attached hydrogen (secondary N) is 2. The molecule has 0 radical (unpaired) electrons. The van der Waals surface area contributed by atoms with E-state index in [0.717, 1.165) is 42.1 Å². The third kappa shape index (κ3) is 5.90. The first-order valence-electron chi connectivity index (χ1n) is 12.3. The third-order valence-corrected chi connectivity index (χ3v) is 7.20. The Balaban J connectivity index is 1.31. The number of piperazine rings is 1. The maximum absolute atomic E-state index is 11.7. The average Bonchev–Trinajstić information content (AvgIpc) is 3.38.